The van der Waals surface area contributed by atoms with Crippen LogP contribution in [0.15, 0.2) is 59.5 Å². The van der Waals surface area contributed by atoms with E-state index in [4.69, 9.17) is 4.74 Å². The maximum Gasteiger partial charge on any atom is 0.337 e. The first-order valence-corrected chi connectivity index (χ1v) is 11.4. The zero-order valence-electron chi connectivity index (χ0n) is 19.8. The highest BCUT2D eigenvalue weighted by molar-refractivity contribution is 5.95. The van der Waals surface area contributed by atoms with Crippen LogP contribution in [0.4, 0.5) is 5.69 Å². The Labute approximate surface area is 194 Å². The molecule has 0 aliphatic carbocycles. The smallest absolute Gasteiger partial charge is 0.337 e. The number of carbonyl (C=O) groups is 2. The molecule has 0 aliphatic rings. The summed E-state index contributed by atoms with van der Waals surface area (Å²) in [5.41, 5.74) is 1.36. The van der Waals surface area contributed by atoms with Crippen LogP contribution in [-0.2, 0) is 16.1 Å². The second-order valence-corrected chi connectivity index (χ2v) is 8.71. The fraction of sp³-hybridized carbons (Fsp3) is 0.370. The molecule has 2 aromatic carbocycles. The Kier molecular flexibility index (Phi) is 7.69. The highest BCUT2D eigenvalue weighted by atomic mass is 16.5. The lowest BCUT2D eigenvalue weighted by atomic mass is 9.81. The van der Waals surface area contributed by atoms with Gasteiger partial charge in [-0.15, -0.1) is 0 Å². The summed E-state index contributed by atoms with van der Waals surface area (Å²) in [5, 5.41) is 4.28. The molecule has 0 bridgehead atoms. The molecule has 0 saturated carbocycles. The van der Waals surface area contributed by atoms with Gasteiger partial charge in [-0.05, 0) is 54.1 Å². The third-order valence-corrected chi connectivity index (χ3v) is 6.35. The number of nitrogens with one attached hydrogen (secondary N) is 1. The van der Waals surface area contributed by atoms with Crippen LogP contribution in [0, 0.1) is 5.41 Å². The molecule has 0 spiro atoms. The van der Waals surface area contributed by atoms with Gasteiger partial charge in [-0.2, -0.15) is 0 Å². The maximum atomic E-state index is 13.1. The predicted octanol–water partition coefficient (Wildman–Crippen LogP) is 5.38. The number of hydrogen-bond donors (Lipinski definition) is 1. The average molecular weight is 449 g/mol. The molecule has 0 radical (unpaired) electrons. The number of unbranched alkanes of at least 4 members (excludes halogenated alkanes) is 1. The lowest BCUT2D eigenvalue weighted by Crippen LogP contribution is -2.33. The monoisotopic (exact) mass is 448 g/mol. The van der Waals surface area contributed by atoms with Crippen molar-refractivity contribution in [3.63, 3.8) is 0 Å². The van der Waals surface area contributed by atoms with Gasteiger partial charge in [0.2, 0.25) is 5.91 Å². The van der Waals surface area contributed by atoms with E-state index in [0.717, 1.165) is 42.3 Å². The molecule has 6 nitrogen and oxygen atoms in total. The zero-order valence-corrected chi connectivity index (χ0v) is 19.8. The molecule has 6 heteroatoms. The summed E-state index contributed by atoms with van der Waals surface area (Å²) in [6.45, 7) is 6.53. The zero-order chi connectivity index (χ0) is 24.0. The molecule has 1 unspecified atom stereocenters. The molecule has 33 heavy (non-hydrogen) atoms. The molecule has 1 N–H and O–H groups in total. The number of fused-ring (bicyclic) bond motifs is 1. The van der Waals surface area contributed by atoms with Gasteiger partial charge in [0.25, 0.3) is 5.56 Å². The Morgan fingerprint density at radius 3 is 2.58 bits per heavy atom. The standard InChI is InChI=1S/C27H32N2O4/c1-5-7-14-27(3,6-2)26(32)28-22-10-8-9-19(16-22)18-29-15-13-20-11-12-21(25(31)33-4)17-23(20)24(29)30/h8-13,15-17H,5-7,14,18H2,1-4H3,(H,28,32). The third-order valence-electron chi connectivity index (χ3n) is 6.35. The number of carbonyl (C=O) groups excluding carboxylic acids is 2. The number of aromatic nitrogens is 1. The highest BCUT2D eigenvalue weighted by Gasteiger charge is 2.30. The Balaban J connectivity index is 1.84. The normalized spacial score (nSPS) is 12.8. The van der Waals surface area contributed by atoms with E-state index in [9.17, 15) is 14.4 Å². The van der Waals surface area contributed by atoms with Crippen LogP contribution in [-0.4, -0.2) is 23.6 Å². The molecule has 1 atom stereocenters. The number of nitrogens with zero attached hydrogens (tertiary/aromatic N) is 1. The second kappa shape index (κ2) is 10.5. The first-order valence-electron chi connectivity index (χ1n) is 11.4. The number of hydrogen-bond acceptors (Lipinski definition) is 4. The quantitative estimate of drug-likeness (QED) is 0.446. The molecule has 1 amide bonds. The van der Waals surface area contributed by atoms with E-state index in [2.05, 4.69) is 12.2 Å². The number of amides is 1. The van der Waals surface area contributed by atoms with E-state index in [1.807, 2.05) is 44.2 Å². The Bertz CT molecular complexity index is 1210. The van der Waals surface area contributed by atoms with Crippen LogP contribution in [0.2, 0.25) is 0 Å². The Morgan fingerprint density at radius 1 is 1.09 bits per heavy atom. The number of ether oxygens (including phenoxy) is 1. The molecular formula is C27H32N2O4. The molecule has 1 aromatic heterocycles. The number of esters is 1. The third kappa shape index (κ3) is 5.51. The minimum absolute atomic E-state index is 0.0220. The van der Waals surface area contributed by atoms with Crippen molar-refractivity contribution in [1.29, 1.82) is 0 Å². The minimum atomic E-state index is -0.479. The van der Waals surface area contributed by atoms with Crippen LogP contribution in [0.3, 0.4) is 0 Å². The van der Waals surface area contributed by atoms with E-state index < -0.39 is 11.4 Å². The van der Waals surface area contributed by atoms with Gasteiger partial charge in [-0.1, -0.05) is 51.8 Å². The summed E-state index contributed by atoms with van der Waals surface area (Å²) in [4.78, 5) is 37.9. The van der Waals surface area contributed by atoms with Gasteiger partial charge in [0.15, 0.2) is 0 Å². The van der Waals surface area contributed by atoms with E-state index in [0.29, 0.717) is 17.5 Å². The minimum Gasteiger partial charge on any atom is -0.465 e. The maximum absolute atomic E-state index is 13.1. The largest absolute Gasteiger partial charge is 0.465 e. The number of pyridine rings is 1. The number of benzene rings is 2. The molecule has 3 rings (SSSR count). The first-order chi connectivity index (χ1) is 15.8. The number of methoxy groups -OCH3 is 1. The van der Waals surface area contributed by atoms with Crippen molar-refractivity contribution in [3.8, 4) is 0 Å². The van der Waals surface area contributed by atoms with E-state index in [1.165, 1.54) is 7.11 Å². The van der Waals surface area contributed by atoms with Crippen molar-refractivity contribution in [1.82, 2.24) is 4.57 Å². The first kappa shape index (κ1) is 24.2. The van der Waals surface area contributed by atoms with Crippen molar-refractivity contribution in [2.24, 2.45) is 5.41 Å². The van der Waals surface area contributed by atoms with Crippen molar-refractivity contribution < 1.29 is 14.3 Å². The Morgan fingerprint density at radius 2 is 1.88 bits per heavy atom. The molecule has 0 aliphatic heterocycles. The van der Waals surface area contributed by atoms with Crippen LogP contribution in [0.5, 0.6) is 0 Å². The average Bonchev–Trinajstić information content (AvgIpc) is 2.83. The van der Waals surface area contributed by atoms with Gasteiger partial charge in [-0.3, -0.25) is 9.59 Å². The van der Waals surface area contributed by atoms with E-state index in [-0.39, 0.29) is 11.5 Å². The predicted molar refractivity (Wildman–Crippen MR) is 132 cm³/mol. The molecule has 0 fully saturated rings. The van der Waals surface area contributed by atoms with Crippen molar-refractivity contribution in [2.45, 2.75) is 53.0 Å². The van der Waals surface area contributed by atoms with Crippen LogP contribution < -0.4 is 10.9 Å². The van der Waals surface area contributed by atoms with Gasteiger partial charge < -0.3 is 14.6 Å². The van der Waals surface area contributed by atoms with Gasteiger partial charge in [0, 0.05) is 22.7 Å². The number of rotatable bonds is 9. The molecular weight excluding hydrogens is 416 g/mol. The van der Waals surface area contributed by atoms with Gasteiger partial charge in [0.05, 0.1) is 19.2 Å². The summed E-state index contributed by atoms with van der Waals surface area (Å²) in [6, 6.07) is 14.4. The van der Waals surface area contributed by atoms with Crippen LogP contribution in [0.25, 0.3) is 10.8 Å². The van der Waals surface area contributed by atoms with E-state index in [1.54, 1.807) is 29.0 Å². The van der Waals surface area contributed by atoms with Gasteiger partial charge in [0.1, 0.15) is 0 Å². The van der Waals surface area contributed by atoms with Crippen molar-refractivity contribution in [3.05, 3.63) is 76.2 Å². The fourth-order valence-electron chi connectivity index (χ4n) is 3.89. The lowest BCUT2D eigenvalue weighted by Gasteiger charge is -2.27. The summed E-state index contributed by atoms with van der Waals surface area (Å²) in [7, 11) is 1.31. The Hall–Kier alpha value is -3.41. The summed E-state index contributed by atoms with van der Waals surface area (Å²) >= 11 is 0. The molecule has 174 valence electrons. The summed E-state index contributed by atoms with van der Waals surface area (Å²) < 4.78 is 6.37. The molecule has 3 aromatic rings. The fourth-order valence-corrected chi connectivity index (χ4v) is 3.89. The molecule has 0 saturated heterocycles. The van der Waals surface area contributed by atoms with Crippen molar-refractivity contribution >= 4 is 28.3 Å². The van der Waals surface area contributed by atoms with Crippen LogP contribution in [0.1, 0.15) is 62.4 Å². The van der Waals surface area contributed by atoms with Crippen LogP contribution >= 0.6 is 0 Å². The molecule has 1 heterocycles. The second-order valence-electron chi connectivity index (χ2n) is 8.71. The topological polar surface area (TPSA) is 77.4 Å². The SMILES string of the molecule is CCCCC(C)(CC)C(=O)Nc1cccc(Cn2ccc3ccc(C(=O)OC)cc3c2=O)c1. The summed E-state index contributed by atoms with van der Waals surface area (Å²) in [5.74, 6) is -0.457. The highest BCUT2D eigenvalue weighted by Crippen LogP contribution is 2.30. The summed E-state index contributed by atoms with van der Waals surface area (Å²) in [6.07, 6.45) is 5.44. The van der Waals surface area contributed by atoms with Gasteiger partial charge in [-0.25, -0.2) is 4.79 Å². The van der Waals surface area contributed by atoms with Gasteiger partial charge >= 0.3 is 5.97 Å². The van der Waals surface area contributed by atoms with Crippen molar-refractivity contribution in [2.75, 3.05) is 12.4 Å². The number of anilines is 1. The van der Waals surface area contributed by atoms with E-state index >= 15 is 0 Å². The lowest BCUT2D eigenvalue weighted by molar-refractivity contribution is -0.125.